The Morgan fingerprint density at radius 1 is 1.50 bits per heavy atom. The minimum Gasteiger partial charge on any atom is -0.380 e. The first-order valence-electron chi connectivity index (χ1n) is 7.07. The van der Waals surface area contributed by atoms with Crippen molar-refractivity contribution >= 4 is 5.91 Å². The smallest absolute Gasteiger partial charge is 0.222 e. The minimum absolute atomic E-state index is 0.212. The van der Waals surface area contributed by atoms with Crippen LogP contribution in [-0.4, -0.2) is 43.7 Å². The highest BCUT2D eigenvalue weighted by atomic mass is 16.5. The number of hydrogen-bond acceptors (Lipinski definition) is 3. The van der Waals surface area contributed by atoms with E-state index in [2.05, 4.69) is 13.8 Å². The fourth-order valence-electron chi connectivity index (χ4n) is 2.66. The molecule has 1 fully saturated rings. The molecule has 0 saturated carbocycles. The van der Waals surface area contributed by atoms with Crippen molar-refractivity contribution in [2.75, 3.05) is 26.7 Å². The van der Waals surface area contributed by atoms with Gasteiger partial charge in [0.05, 0.1) is 6.10 Å². The highest BCUT2D eigenvalue weighted by Gasteiger charge is 2.25. The molecule has 2 atom stereocenters. The van der Waals surface area contributed by atoms with Crippen LogP contribution in [0.4, 0.5) is 0 Å². The molecule has 0 aromatic rings. The predicted octanol–water partition coefficient (Wildman–Crippen LogP) is 1.63. The highest BCUT2D eigenvalue weighted by molar-refractivity contribution is 5.76. The van der Waals surface area contributed by atoms with Crippen LogP contribution in [0.25, 0.3) is 0 Å². The molecule has 0 aromatic carbocycles. The number of carbonyl (C=O) groups is 1. The van der Waals surface area contributed by atoms with Gasteiger partial charge in [-0.3, -0.25) is 4.79 Å². The lowest BCUT2D eigenvalue weighted by molar-refractivity contribution is -0.135. The molecule has 106 valence electrons. The van der Waals surface area contributed by atoms with Gasteiger partial charge in [-0.25, -0.2) is 0 Å². The van der Waals surface area contributed by atoms with Crippen molar-refractivity contribution in [2.45, 2.75) is 45.6 Å². The summed E-state index contributed by atoms with van der Waals surface area (Å²) in [6.07, 6.45) is 3.94. The molecular formula is C14H28N2O2. The van der Waals surface area contributed by atoms with Crippen LogP contribution < -0.4 is 5.73 Å². The van der Waals surface area contributed by atoms with Gasteiger partial charge in [-0.2, -0.15) is 0 Å². The molecular weight excluding hydrogens is 228 g/mol. The predicted molar refractivity (Wildman–Crippen MR) is 73.2 cm³/mol. The fraction of sp³-hybridized carbons (Fsp3) is 0.929. The summed E-state index contributed by atoms with van der Waals surface area (Å²) in [5.74, 6) is 1.16. The summed E-state index contributed by atoms with van der Waals surface area (Å²) in [5.41, 5.74) is 5.76. The lowest BCUT2D eigenvalue weighted by Gasteiger charge is -2.33. The number of likely N-dealkylation sites (tertiary alicyclic amines) is 1. The van der Waals surface area contributed by atoms with Gasteiger partial charge in [-0.15, -0.1) is 0 Å². The van der Waals surface area contributed by atoms with Gasteiger partial charge < -0.3 is 15.4 Å². The SMILES string of the molecule is COC1CCCN(C(=O)CC(CN)CC(C)C)C1. The van der Waals surface area contributed by atoms with Crippen molar-refractivity contribution in [3.05, 3.63) is 0 Å². The lowest BCUT2D eigenvalue weighted by atomic mass is 9.93. The van der Waals surface area contributed by atoms with Crippen LogP contribution in [0.15, 0.2) is 0 Å². The Balaban J connectivity index is 2.42. The molecule has 1 rings (SSSR count). The maximum atomic E-state index is 12.2. The molecule has 18 heavy (non-hydrogen) atoms. The van der Waals surface area contributed by atoms with Gasteiger partial charge in [0.25, 0.3) is 0 Å². The van der Waals surface area contributed by atoms with Crippen molar-refractivity contribution in [1.82, 2.24) is 4.90 Å². The Morgan fingerprint density at radius 3 is 2.78 bits per heavy atom. The monoisotopic (exact) mass is 256 g/mol. The van der Waals surface area contributed by atoms with E-state index >= 15 is 0 Å². The highest BCUT2D eigenvalue weighted by Crippen LogP contribution is 2.18. The van der Waals surface area contributed by atoms with Crippen LogP contribution >= 0.6 is 0 Å². The second-order valence-electron chi connectivity index (χ2n) is 5.78. The first-order chi connectivity index (χ1) is 8.56. The zero-order valence-corrected chi connectivity index (χ0v) is 12.0. The van der Waals surface area contributed by atoms with E-state index in [9.17, 15) is 4.79 Å². The maximum Gasteiger partial charge on any atom is 0.222 e. The van der Waals surface area contributed by atoms with Crippen LogP contribution in [0.3, 0.4) is 0 Å². The van der Waals surface area contributed by atoms with E-state index in [1.54, 1.807) is 7.11 Å². The van der Waals surface area contributed by atoms with Gasteiger partial charge in [-0.05, 0) is 37.6 Å². The summed E-state index contributed by atoms with van der Waals surface area (Å²) in [4.78, 5) is 14.2. The average Bonchev–Trinajstić information content (AvgIpc) is 2.37. The van der Waals surface area contributed by atoms with E-state index < -0.39 is 0 Å². The number of nitrogens with zero attached hydrogens (tertiary/aromatic N) is 1. The Kier molecular flexibility index (Phi) is 6.65. The molecule has 1 aliphatic heterocycles. The Hall–Kier alpha value is -0.610. The first kappa shape index (κ1) is 15.4. The lowest BCUT2D eigenvalue weighted by Crippen LogP contribution is -2.43. The summed E-state index contributed by atoms with van der Waals surface area (Å²) in [6, 6.07) is 0. The molecule has 2 N–H and O–H groups in total. The molecule has 1 amide bonds. The zero-order chi connectivity index (χ0) is 13.5. The third-order valence-corrected chi connectivity index (χ3v) is 3.67. The van der Waals surface area contributed by atoms with E-state index in [0.717, 1.165) is 32.4 Å². The normalized spacial score (nSPS) is 22.3. The summed E-state index contributed by atoms with van der Waals surface area (Å²) in [5, 5.41) is 0. The third-order valence-electron chi connectivity index (χ3n) is 3.67. The Bertz CT molecular complexity index is 256. The number of nitrogens with two attached hydrogens (primary N) is 1. The van der Waals surface area contributed by atoms with Crippen molar-refractivity contribution in [1.29, 1.82) is 0 Å². The van der Waals surface area contributed by atoms with E-state index in [0.29, 0.717) is 24.8 Å². The summed E-state index contributed by atoms with van der Waals surface area (Å²) in [7, 11) is 1.72. The van der Waals surface area contributed by atoms with Crippen LogP contribution in [0.1, 0.15) is 39.5 Å². The summed E-state index contributed by atoms with van der Waals surface area (Å²) in [6.45, 7) is 6.57. The van der Waals surface area contributed by atoms with Gasteiger partial charge in [0.15, 0.2) is 0 Å². The number of hydrogen-bond donors (Lipinski definition) is 1. The molecule has 1 heterocycles. The van der Waals surface area contributed by atoms with Crippen LogP contribution in [0.5, 0.6) is 0 Å². The number of methoxy groups -OCH3 is 1. The maximum absolute atomic E-state index is 12.2. The van der Waals surface area contributed by atoms with Crippen LogP contribution in [0.2, 0.25) is 0 Å². The number of ether oxygens (including phenoxy) is 1. The summed E-state index contributed by atoms with van der Waals surface area (Å²) < 4.78 is 5.35. The van der Waals surface area contributed by atoms with E-state index in [1.165, 1.54) is 0 Å². The van der Waals surface area contributed by atoms with E-state index in [1.807, 2.05) is 4.90 Å². The molecule has 0 radical (unpaired) electrons. The van der Waals surface area contributed by atoms with E-state index in [-0.39, 0.29) is 12.0 Å². The second kappa shape index (κ2) is 7.74. The minimum atomic E-state index is 0.212. The van der Waals surface area contributed by atoms with Gasteiger partial charge in [0.1, 0.15) is 0 Å². The Morgan fingerprint density at radius 2 is 2.22 bits per heavy atom. The quantitative estimate of drug-likeness (QED) is 0.786. The molecule has 1 saturated heterocycles. The average molecular weight is 256 g/mol. The number of amides is 1. The van der Waals surface area contributed by atoms with Gasteiger partial charge in [0, 0.05) is 26.6 Å². The molecule has 0 aromatic heterocycles. The molecule has 2 unspecified atom stereocenters. The summed E-state index contributed by atoms with van der Waals surface area (Å²) >= 11 is 0. The number of rotatable bonds is 6. The van der Waals surface area contributed by atoms with Crippen LogP contribution in [0, 0.1) is 11.8 Å². The zero-order valence-electron chi connectivity index (χ0n) is 12.0. The fourth-order valence-corrected chi connectivity index (χ4v) is 2.66. The first-order valence-corrected chi connectivity index (χ1v) is 7.07. The molecule has 4 nitrogen and oxygen atoms in total. The van der Waals surface area contributed by atoms with E-state index in [4.69, 9.17) is 10.5 Å². The topological polar surface area (TPSA) is 55.6 Å². The third kappa shape index (κ3) is 4.94. The standard InChI is InChI=1S/C14H28N2O2/c1-11(2)7-12(9-15)8-14(17)16-6-4-5-13(10-16)18-3/h11-13H,4-10,15H2,1-3H3. The molecule has 4 heteroatoms. The Labute approximate surface area is 111 Å². The van der Waals surface area contributed by atoms with Gasteiger partial charge in [-0.1, -0.05) is 13.8 Å². The second-order valence-corrected chi connectivity index (χ2v) is 5.78. The van der Waals surface area contributed by atoms with Crippen LogP contribution in [-0.2, 0) is 9.53 Å². The number of carbonyl (C=O) groups excluding carboxylic acids is 1. The number of piperidine rings is 1. The molecule has 1 aliphatic rings. The largest absolute Gasteiger partial charge is 0.380 e. The van der Waals surface area contributed by atoms with Gasteiger partial charge in [0.2, 0.25) is 5.91 Å². The molecule has 0 aliphatic carbocycles. The van der Waals surface area contributed by atoms with Gasteiger partial charge >= 0.3 is 0 Å². The van der Waals surface area contributed by atoms with Crippen molar-refractivity contribution in [2.24, 2.45) is 17.6 Å². The molecule has 0 spiro atoms. The van der Waals surface area contributed by atoms with Crippen molar-refractivity contribution < 1.29 is 9.53 Å². The molecule has 0 bridgehead atoms. The van der Waals surface area contributed by atoms with Crippen molar-refractivity contribution in [3.8, 4) is 0 Å². The van der Waals surface area contributed by atoms with Crippen molar-refractivity contribution in [3.63, 3.8) is 0 Å².